The lowest BCUT2D eigenvalue weighted by molar-refractivity contribution is 0.355. The quantitative estimate of drug-likeness (QED) is 0.844. The van der Waals surface area contributed by atoms with E-state index in [2.05, 4.69) is 20.6 Å². The second kappa shape index (κ2) is 6.60. The van der Waals surface area contributed by atoms with Crippen molar-refractivity contribution in [2.24, 2.45) is 0 Å². The van der Waals surface area contributed by atoms with Crippen molar-refractivity contribution in [1.82, 2.24) is 9.97 Å². The number of anilines is 3. The van der Waals surface area contributed by atoms with Gasteiger partial charge in [0, 0.05) is 24.5 Å². The van der Waals surface area contributed by atoms with Crippen LogP contribution >= 0.6 is 0 Å². The first-order valence-electron chi connectivity index (χ1n) is 6.32. The van der Waals surface area contributed by atoms with E-state index in [1.54, 1.807) is 26.5 Å². The van der Waals surface area contributed by atoms with Crippen LogP contribution in [-0.4, -0.2) is 30.7 Å². The number of aromatic nitrogens is 2. The van der Waals surface area contributed by atoms with Crippen LogP contribution in [0.5, 0.6) is 11.5 Å². The monoisotopic (exact) mass is 274 g/mol. The third kappa shape index (κ3) is 3.28. The largest absolute Gasteiger partial charge is 0.493 e. The molecule has 2 aromatic rings. The second-order valence-electron chi connectivity index (χ2n) is 3.99. The summed E-state index contributed by atoms with van der Waals surface area (Å²) in [5.41, 5.74) is 0.865. The number of hydrogen-bond acceptors (Lipinski definition) is 6. The van der Waals surface area contributed by atoms with Crippen LogP contribution in [0.3, 0.4) is 0 Å². The minimum atomic E-state index is 0.595. The molecule has 2 N–H and O–H groups in total. The summed E-state index contributed by atoms with van der Waals surface area (Å²) >= 11 is 0. The highest BCUT2D eigenvalue weighted by molar-refractivity contribution is 5.61. The van der Waals surface area contributed by atoms with E-state index < -0.39 is 0 Å². The van der Waals surface area contributed by atoms with Crippen LogP contribution in [0.4, 0.5) is 17.5 Å². The standard InChI is InChI=1S/C14H18N4O2/c1-4-15-14-16-8-7-13(18-14)17-10-5-6-11(19-2)12(9-10)20-3/h5-9H,4H2,1-3H3,(H2,15,16,17,18). The van der Waals surface area contributed by atoms with Crippen molar-refractivity contribution in [3.63, 3.8) is 0 Å². The Kier molecular flexibility index (Phi) is 4.60. The third-order valence-corrected chi connectivity index (χ3v) is 2.65. The minimum Gasteiger partial charge on any atom is -0.493 e. The fraction of sp³-hybridized carbons (Fsp3) is 0.286. The van der Waals surface area contributed by atoms with Gasteiger partial charge in [-0.25, -0.2) is 4.98 Å². The number of rotatable bonds is 6. The van der Waals surface area contributed by atoms with Crippen LogP contribution in [0.25, 0.3) is 0 Å². The van der Waals surface area contributed by atoms with Gasteiger partial charge in [0.05, 0.1) is 14.2 Å². The predicted octanol–water partition coefficient (Wildman–Crippen LogP) is 2.67. The van der Waals surface area contributed by atoms with Crippen LogP contribution in [0.2, 0.25) is 0 Å². The van der Waals surface area contributed by atoms with Crippen molar-refractivity contribution in [3.8, 4) is 11.5 Å². The van der Waals surface area contributed by atoms with Crippen LogP contribution in [-0.2, 0) is 0 Å². The van der Waals surface area contributed by atoms with E-state index in [1.807, 2.05) is 25.1 Å². The molecule has 1 aromatic heterocycles. The number of methoxy groups -OCH3 is 2. The summed E-state index contributed by atoms with van der Waals surface area (Å²) in [6, 6.07) is 7.40. The molecule has 0 atom stereocenters. The zero-order valence-electron chi connectivity index (χ0n) is 11.8. The lowest BCUT2D eigenvalue weighted by atomic mass is 10.2. The van der Waals surface area contributed by atoms with Gasteiger partial charge in [0.2, 0.25) is 5.95 Å². The normalized spacial score (nSPS) is 9.95. The highest BCUT2D eigenvalue weighted by Gasteiger charge is 2.05. The summed E-state index contributed by atoms with van der Waals surface area (Å²) in [7, 11) is 3.22. The Bertz CT molecular complexity index is 575. The Morgan fingerprint density at radius 1 is 1.10 bits per heavy atom. The Hall–Kier alpha value is -2.50. The highest BCUT2D eigenvalue weighted by Crippen LogP contribution is 2.30. The molecule has 0 unspecified atom stereocenters. The molecule has 0 aliphatic rings. The zero-order valence-corrected chi connectivity index (χ0v) is 11.8. The number of nitrogens with one attached hydrogen (secondary N) is 2. The number of benzene rings is 1. The van der Waals surface area contributed by atoms with Gasteiger partial charge in [-0.1, -0.05) is 0 Å². The molecule has 106 valence electrons. The molecule has 0 amide bonds. The van der Waals surface area contributed by atoms with Gasteiger partial charge in [0.1, 0.15) is 5.82 Å². The summed E-state index contributed by atoms with van der Waals surface area (Å²) < 4.78 is 10.5. The molecule has 0 aliphatic carbocycles. The van der Waals surface area contributed by atoms with E-state index in [-0.39, 0.29) is 0 Å². The lowest BCUT2D eigenvalue weighted by Gasteiger charge is -2.11. The first kappa shape index (κ1) is 13.9. The minimum absolute atomic E-state index is 0.595. The van der Waals surface area contributed by atoms with Crippen LogP contribution in [0.15, 0.2) is 30.5 Å². The molecule has 20 heavy (non-hydrogen) atoms. The molecule has 0 saturated heterocycles. The van der Waals surface area contributed by atoms with Crippen LogP contribution in [0, 0.1) is 0 Å². The van der Waals surface area contributed by atoms with Gasteiger partial charge in [-0.05, 0) is 25.1 Å². The number of ether oxygens (including phenoxy) is 2. The van der Waals surface area contributed by atoms with E-state index in [0.717, 1.165) is 12.2 Å². The maximum absolute atomic E-state index is 5.27. The summed E-state index contributed by atoms with van der Waals surface area (Å²) in [5.74, 6) is 2.66. The van der Waals surface area contributed by atoms with Crippen LogP contribution < -0.4 is 20.1 Å². The van der Waals surface area contributed by atoms with E-state index >= 15 is 0 Å². The maximum Gasteiger partial charge on any atom is 0.224 e. The Morgan fingerprint density at radius 2 is 1.90 bits per heavy atom. The molecule has 0 saturated carbocycles. The molecule has 1 aromatic carbocycles. The first-order chi connectivity index (χ1) is 9.76. The average molecular weight is 274 g/mol. The second-order valence-corrected chi connectivity index (χ2v) is 3.99. The van der Waals surface area contributed by atoms with Gasteiger partial charge in [-0.15, -0.1) is 0 Å². The molecule has 0 radical (unpaired) electrons. The topological polar surface area (TPSA) is 68.3 Å². The van der Waals surface area contributed by atoms with Crippen molar-refractivity contribution < 1.29 is 9.47 Å². The molecule has 6 nitrogen and oxygen atoms in total. The Balaban J connectivity index is 2.19. The lowest BCUT2D eigenvalue weighted by Crippen LogP contribution is -2.03. The molecule has 0 bridgehead atoms. The molecule has 0 fully saturated rings. The zero-order chi connectivity index (χ0) is 14.4. The number of hydrogen-bond donors (Lipinski definition) is 2. The highest BCUT2D eigenvalue weighted by atomic mass is 16.5. The Labute approximate surface area is 118 Å². The average Bonchev–Trinajstić information content (AvgIpc) is 2.48. The molecular formula is C14H18N4O2. The van der Waals surface area contributed by atoms with Gasteiger partial charge in [-0.2, -0.15) is 4.98 Å². The summed E-state index contributed by atoms with van der Waals surface area (Å²) in [4.78, 5) is 8.48. The predicted molar refractivity (Wildman–Crippen MR) is 79.0 cm³/mol. The first-order valence-corrected chi connectivity index (χ1v) is 6.32. The molecule has 2 rings (SSSR count). The fourth-order valence-corrected chi connectivity index (χ4v) is 1.73. The summed E-state index contributed by atoms with van der Waals surface area (Å²) in [5, 5.41) is 6.27. The van der Waals surface area contributed by atoms with Crippen LogP contribution in [0.1, 0.15) is 6.92 Å². The number of nitrogens with zero attached hydrogens (tertiary/aromatic N) is 2. The molecule has 0 spiro atoms. The molecule has 1 heterocycles. The van der Waals surface area contributed by atoms with Gasteiger partial charge in [-0.3, -0.25) is 0 Å². The van der Waals surface area contributed by atoms with Gasteiger partial charge in [0.15, 0.2) is 11.5 Å². The van der Waals surface area contributed by atoms with E-state index in [0.29, 0.717) is 23.3 Å². The van der Waals surface area contributed by atoms with Crippen molar-refractivity contribution >= 4 is 17.5 Å². The van der Waals surface area contributed by atoms with Crippen molar-refractivity contribution in [3.05, 3.63) is 30.5 Å². The van der Waals surface area contributed by atoms with Gasteiger partial charge in [0.25, 0.3) is 0 Å². The molecular weight excluding hydrogens is 256 g/mol. The summed E-state index contributed by atoms with van der Waals surface area (Å²) in [6.45, 7) is 2.78. The van der Waals surface area contributed by atoms with E-state index in [4.69, 9.17) is 9.47 Å². The van der Waals surface area contributed by atoms with Crippen molar-refractivity contribution in [1.29, 1.82) is 0 Å². The summed E-state index contributed by atoms with van der Waals surface area (Å²) in [6.07, 6.45) is 1.70. The Morgan fingerprint density at radius 3 is 2.60 bits per heavy atom. The molecule has 0 aliphatic heterocycles. The smallest absolute Gasteiger partial charge is 0.224 e. The van der Waals surface area contributed by atoms with E-state index in [9.17, 15) is 0 Å². The van der Waals surface area contributed by atoms with Gasteiger partial charge < -0.3 is 20.1 Å². The van der Waals surface area contributed by atoms with Gasteiger partial charge >= 0.3 is 0 Å². The molecule has 6 heteroatoms. The van der Waals surface area contributed by atoms with Crippen molar-refractivity contribution in [2.75, 3.05) is 31.4 Å². The fourth-order valence-electron chi connectivity index (χ4n) is 1.73. The van der Waals surface area contributed by atoms with Crippen molar-refractivity contribution in [2.45, 2.75) is 6.92 Å². The maximum atomic E-state index is 5.27. The SMILES string of the molecule is CCNc1nccc(Nc2ccc(OC)c(OC)c2)n1. The van der Waals surface area contributed by atoms with E-state index in [1.165, 1.54) is 0 Å². The third-order valence-electron chi connectivity index (χ3n) is 2.65.